The molecule has 0 aliphatic carbocycles. The maximum atomic E-state index is 13.6. The molecule has 0 spiro atoms. The third-order valence-electron chi connectivity index (χ3n) is 3.57. The Bertz CT molecular complexity index is 827. The quantitative estimate of drug-likeness (QED) is 0.676. The van der Waals surface area contributed by atoms with E-state index < -0.39 is 0 Å². The number of rotatable bonds is 3. The molecule has 0 saturated carbocycles. The van der Waals surface area contributed by atoms with Crippen LogP contribution in [0.25, 0.3) is 21.9 Å². The van der Waals surface area contributed by atoms with E-state index >= 15 is 0 Å². The lowest BCUT2D eigenvalue weighted by atomic mass is 9.95. The zero-order chi connectivity index (χ0) is 14.8. The van der Waals surface area contributed by atoms with Crippen molar-refractivity contribution < 1.29 is 9.18 Å². The number of fused-ring (bicyclic) bond motifs is 1. The molecule has 21 heavy (non-hydrogen) atoms. The number of hydrogen-bond donors (Lipinski definition) is 0. The Morgan fingerprint density at radius 3 is 2.57 bits per heavy atom. The third kappa shape index (κ3) is 2.42. The number of pyridine rings is 1. The summed E-state index contributed by atoms with van der Waals surface area (Å²) in [6.45, 7) is 1.92. The van der Waals surface area contributed by atoms with Crippen LogP contribution in [0, 0.1) is 12.7 Å². The molecule has 3 heteroatoms. The summed E-state index contributed by atoms with van der Waals surface area (Å²) >= 11 is 0. The fraction of sp³-hybridized carbons (Fsp3) is 0.111. The second-order valence-electron chi connectivity index (χ2n) is 4.95. The van der Waals surface area contributed by atoms with Crippen molar-refractivity contribution in [1.29, 1.82) is 0 Å². The Morgan fingerprint density at radius 1 is 1.10 bits per heavy atom. The van der Waals surface area contributed by atoms with Gasteiger partial charge in [0.15, 0.2) is 0 Å². The normalized spacial score (nSPS) is 10.8. The van der Waals surface area contributed by atoms with Gasteiger partial charge in [-0.2, -0.15) is 0 Å². The van der Waals surface area contributed by atoms with Gasteiger partial charge in [0.1, 0.15) is 12.1 Å². The fourth-order valence-corrected chi connectivity index (χ4v) is 2.68. The highest BCUT2D eigenvalue weighted by atomic mass is 19.1. The van der Waals surface area contributed by atoms with E-state index in [1.54, 1.807) is 6.07 Å². The van der Waals surface area contributed by atoms with Crippen molar-refractivity contribution in [3.05, 3.63) is 65.7 Å². The van der Waals surface area contributed by atoms with E-state index in [4.69, 9.17) is 0 Å². The highest BCUT2D eigenvalue weighted by molar-refractivity contribution is 5.99. The van der Waals surface area contributed by atoms with Gasteiger partial charge in [0.2, 0.25) is 0 Å². The maximum absolute atomic E-state index is 13.6. The van der Waals surface area contributed by atoms with E-state index in [1.807, 2.05) is 37.3 Å². The summed E-state index contributed by atoms with van der Waals surface area (Å²) in [5, 5.41) is 2.01. The first kappa shape index (κ1) is 13.4. The van der Waals surface area contributed by atoms with Crippen LogP contribution in [0.1, 0.15) is 11.4 Å². The van der Waals surface area contributed by atoms with E-state index in [0.717, 1.165) is 33.9 Å². The molecular weight excluding hydrogens is 265 g/mol. The molecule has 0 unspecified atom stereocenters. The molecule has 0 aliphatic heterocycles. The van der Waals surface area contributed by atoms with Crippen molar-refractivity contribution in [3.63, 3.8) is 0 Å². The smallest absolute Gasteiger partial charge is 0.125 e. The van der Waals surface area contributed by atoms with E-state index in [2.05, 4.69) is 4.98 Å². The molecule has 3 rings (SSSR count). The van der Waals surface area contributed by atoms with E-state index in [9.17, 15) is 9.18 Å². The number of nitrogens with zero attached hydrogens (tertiary/aromatic N) is 1. The summed E-state index contributed by atoms with van der Waals surface area (Å²) in [6, 6.07) is 14.3. The highest BCUT2D eigenvalue weighted by Gasteiger charge is 2.13. The standard InChI is InChI=1S/C18H14FNO/c1-12-15-7-2-3-8-16(15)18(17(20-12)9-10-21)13-5-4-6-14(19)11-13/h2-8,10-11H,9H2,1H3. The van der Waals surface area contributed by atoms with Crippen LogP contribution < -0.4 is 0 Å². The molecule has 1 aromatic heterocycles. The van der Waals surface area contributed by atoms with Crippen LogP contribution in [0.2, 0.25) is 0 Å². The van der Waals surface area contributed by atoms with Crippen molar-refractivity contribution in [2.24, 2.45) is 0 Å². The monoisotopic (exact) mass is 279 g/mol. The molecule has 0 radical (unpaired) electrons. The fourth-order valence-electron chi connectivity index (χ4n) is 2.68. The minimum atomic E-state index is -0.297. The van der Waals surface area contributed by atoms with Gasteiger partial charge in [-0.3, -0.25) is 4.98 Å². The Morgan fingerprint density at radius 2 is 1.86 bits per heavy atom. The molecule has 3 aromatic rings. The Balaban J connectivity index is 2.40. The van der Waals surface area contributed by atoms with Gasteiger partial charge in [-0.1, -0.05) is 36.4 Å². The van der Waals surface area contributed by atoms with Crippen LogP contribution >= 0.6 is 0 Å². The summed E-state index contributed by atoms with van der Waals surface area (Å²) in [5.41, 5.74) is 3.15. The third-order valence-corrected chi connectivity index (χ3v) is 3.57. The lowest BCUT2D eigenvalue weighted by Crippen LogP contribution is -2.00. The van der Waals surface area contributed by atoms with Crippen LogP contribution in [-0.2, 0) is 11.2 Å². The highest BCUT2D eigenvalue weighted by Crippen LogP contribution is 2.33. The predicted molar refractivity (Wildman–Crippen MR) is 81.6 cm³/mol. The number of carbonyl (C=O) groups is 1. The van der Waals surface area contributed by atoms with Gasteiger partial charge < -0.3 is 4.79 Å². The molecule has 0 fully saturated rings. The number of aromatic nitrogens is 1. The molecule has 104 valence electrons. The number of hydrogen-bond acceptors (Lipinski definition) is 2. The first-order valence-corrected chi connectivity index (χ1v) is 6.78. The Labute approximate surface area is 122 Å². The summed E-state index contributed by atoms with van der Waals surface area (Å²) in [4.78, 5) is 15.5. The van der Waals surface area contributed by atoms with Gasteiger partial charge in [-0.15, -0.1) is 0 Å². The van der Waals surface area contributed by atoms with Crippen LogP contribution in [0.4, 0.5) is 4.39 Å². The minimum absolute atomic E-state index is 0.220. The molecule has 0 atom stereocenters. The molecule has 0 amide bonds. The van der Waals surface area contributed by atoms with Crippen molar-refractivity contribution in [3.8, 4) is 11.1 Å². The van der Waals surface area contributed by atoms with E-state index in [-0.39, 0.29) is 12.2 Å². The van der Waals surface area contributed by atoms with Crippen molar-refractivity contribution in [2.45, 2.75) is 13.3 Å². The lowest BCUT2D eigenvalue weighted by molar-refractivity contribution is -0.107. The predicted octanol–water partition coefficient (Wildman–Crippen LogP) is 4.09. The maximum Gasteiger partial charge on any atom is 0.125 e. The lowest BCUT2D eigenvalue weighted by Gasteiger charge is -2.13. The number of halogens is 1. The second kappa shape index (κ2) is 5.44. The summed E-state index contributed by atoms with van der Waals surface area (Å²) in [6.07, 6.45) is 1.05. The average Bonchev–Trinajstić information content (AvgIpc) is 2.48. The summed E-state index contributed by atoms with van der Waals surface area (Å²) in [5.74, 6) is -0.297. The molecule has 0 saturated heterocycles. The Kier molecular flexibility index (Phi) is 3.48. The topological polar surface area (TPSA) is 30.0 Å². The van der Waals surface area contributed by atoms with Crippen molar-refractivity contribution in [2.75, 3.05) is 0 Å². The van der Waals surface area contributed by atoms with E-state index in [0.29, 0.717) is 5.69 Å². The molecule has 0 N–H and O–H groups in total. The summed E-state index contributed by atoms with van der Waals surface area (Å²) in [7, 11) is 0. The number of aldehydes is 1. The van der Waals surface area contributed by atoms with Gasteiger partial charge in [0.25, 0.3) is 0 Å². The van der Waals surface area contributed by atoms with Crippen molar-refractivity contribution >= 4 is 17.1 Å². The number of benzene rings is 2. The van der Waals surface area contributed by atoms with Crippen LogP contribution in [0.3, 0.4) is 0 Å². The van der Waals surface area contributed by atoms with Crippen LogP contribution in [-0.4, -0.2) is 11.3 Å². The van der Waals surface area contributed by atoms with Gasteiger partial charge >= 0.3 is 0 Å². The summed E-state index contributed by atoms with van der Waals surface area (Å²) < 4.78 is 13.6. The van der Waals surface area contributed by atoms with Gasteiger partial charge in [0.05, 0.1) is 5.69 Å². The minimum Gasteiger partial charge on any atom is -0.303 e. The zero-order valence-corrected chi connectivity index (χ0v) is 11.6. The zero-order valence-electron chi connectivity index (χ0n) is 11.6. The van der Waals surface area contributed by atoms with Gasteiger partial charge in [0, 0.05) is 23.1 Å². The van der Waals surface area contributed by atoms with Crippen LogP contribution in [0.15, 0.2) is 48.5 Å². The first-order valence-electron chi connectivity index (χ1n) is 6.78. The molecular formula is C18H14FNO. The van der Waals surface area contributed by atoms with Crippen molar-refractivity contribution in [1.82, 2.24) is 4.98 Å². The first-order chi connectivity index (χ1) is 10.2. The van der Waals surface area contributed by atoms with Crippen LogP contribution in [0.5, 0.6) is 0 Å². The SMILES string of the molecule is Cc1nc(CC=O)c(-c2cccc(F)c2)c2ccccc12. The molecule has 2 aromatic carbocycles. The average molecular weight is 279 g/mol. The van der Waals surface area contributed by atoms with Gasteiger partial charge in [-0.25, -0.2) is 4.39 Å². The molecule has 1 heterocycles. The molecule has 0 aliphatic rings. The number of carbonyl (C=O) groups excluding carboxylic acids is 1. The molecule has 0 bridgehead atoms. The number of aryl methyl sites for hydroxylation is 1. The largest absolute Gasteiger partial charge is 0.303 e. The second-order valence-corrected chi connectivity index (χ2v) is 4.95. The molecule has 2 nitrogen and oxygen atoms in total. The van der Waals surface area contributed by atoms with Gasteiger partial charge in [-0.05, 0) is 30.0 Å². The Hall–Kier alpha value is -2.55. The van der Waals surface area contributed by atoms with E-state index in [1.165, 1.54) is 12.1 Å².